The second-order valence-electron chi connectivity index (χ2n) is 7.96. The Morgan fingerprint density at radius 2 is 1.51 bits per heavy atom. The Balaban J connectivity index is 1.64. The predicted octanol–water partition coefficient (Wildman–Crippen LogP) is 7.00. The number of rotatable bonds is 5. The van der Waals surface area contributed by atoms with Gasteiger partial charge in [0.1, 0.15) is 0 Å². The van der Waals surface area contributed by atoms with Crippen LogP contribution >= 0.6 is 43.6 Å². The van der Waals surface area contributed by atoms with Crippen LogP contribution in [0.2, 0.25) is 0 Å². The molecule has 9 heteroatoms. The molecule has 2 aliphatic heterocycles. The third kappa shape index (κ3) is 4.77. The minimum atomic E-state index is -0.768. The molecule has 6 nitrogen and oxygen atoms in total. The van der Waals surface area contributed by atoms with Crippen molar-refractivity contribution in [2.75, 3.05) is 16.6 Å². The second-order valence-corrected chi connectivity index (χ2v) is 11.0. The lowest BCUT2D eigenvalue weighted by Gasteiger charge is -2.46. The summed E-state index contributed by atoms with van der Waals surface area (Å²) in [5.74, 6) is -0.424. The van der Waals surface area contributed by atoms with Gasteiger partial charge in [-0.05, 0) is 79.2 Å². The minimum Gasteiger partial charge on any atom is -0.461 e. The van der Waals surface area contributed by atoms with Crippen LogP contribution in [-0.4, -0.2) is 28.3 Å². The molecule has 178 valence electrons. The molecule has 35 heavy (non-hydrogen) atoms. The van der Waals surface area contributed by atoms with E-state index >= 15 is 0 Å². The van der Waals surface area contributed by atoms with Crippen LogP contribution in [0.1, 0.15) is 25.3 Å². The Morgan fingerprint density at radius 3 is 2.17 bits per heavy atom. The van der Waals surface area contributed by atoms with Crippen molar-refractivity contribution in [3.05, 3.63) is 93.4 Å². The summed E-state index contributed by atoms with van der Waals surface area (Å²) in [6.45, 7) is 2.09. The van der Waals surface area contributed by atoms with Crippen LogP contribution in [0.5, 0.6) is 0 Å². The van der Waals surface area contributed by atoms with Crippen LogP contribution < -0.4 is 10.0 Å². The number of hydrogen-bond donors (Lipinski definition) is 0. The lowest BCUT2D eigenvalue weighted by Crippen LogP contribution is -2.56. The standard InChI is InChI=1S/C26H22Br2N4O2S/c1-2-34-25(33)24-30-32(22-14-12-20(28)13-15-22)26(35-24)17-16-23(18-8-10-19(27)11-9-18)29-31(26)21-6-4-3-5-7-21/h3-15H,2,16-17H2,1H3. The molecule has 0 fully saturated rings. The highest BCUT2D eigenvalue weighted by molar-refractivity contribution is 9.10. The fourth-order valence-electron chi connectivity index (χ4n) is 4.10. The Hall–Kier alpha value is -2.62. The van der Waals surface area contributed by atoms with E-state index in [-0.39, 0.29) is 6.61 Å². The highest BCUT2D eigenvalue weighted by Crippen LogP contribution is 2.50. The average molecular weight is 614 g/mol. The molecule has 3 aromatic carbocycles. The Bertz CT molecular complexity index is 1280. The van der Waals surface area contributed by atoms with Gasteiger partial charge in [-0.1, -0.05) is 62.2 Å². The van der Waals surface area contributed by atoms with E-state index in [0.29, 0.717) is 11.5 Å². The highest BCUT2D eigenvalue weighted by atomic mass is 79.9. The molecule has 0 radical (unpaired) electrons. The topological polar surface area (TPSA) is 57.5 Å². The lowest BCUT2D eigenvalue weighted by atomic mass is 10.0. The van der Waals surface area contributed by atoms with Gasteiger partial charge in [0.2, 0.25) is 10.0 Å². The van der Waals surface area contributed by atoms with Crippen LogP contribution in [0, 0.1) is 0 Å². The molecule has 0 amide bonds. The van der Waals surface area contributed by atoms with Crippen molar-refractivity contribution in [1.29, 1.82) is 0 Å². The molecule has 0 bridgehead atoms. The number of hydrazone groups is 2. The van der Waals surface area contributed by atoms with Crippen LogP contribution in [0.3, 0.4) is 0 Å². The first-order chi connectivity index (χ1) is 17.0. The van der Waals surface area contributed by atoms with Gasteiger partial charge in [0.05, 0.1) is 23.7 Å². The van der Waals surface area contributed by atoms with Gasteiger partial charge in [0.25, 0.3) is 0 Å². The summed E-state index contributed by atoms with van der Waals surface area (Å²) >= 11 is 8.42. The number of hydrogen-bond acceptors (Lipinski definition) is 7. The molecule has 0 N–H and O–H groups in total. The van der Waals surface area contributed by atoms with Crippen LogP contribution in [0.25, 0.3) is 0 Å². The first-order valence-electron chi connectivity index (χ1n) is 11.2. The predicted molar refractivity (Wildman–Crippen MR) is 150 cm³/mol. The van der Waals surface area contributed by atoms with E-state index in [0.717, 1.165) is 38.0 Å². The van der Waals surface area contributed by atoms with Gasteiger partial charge in [-0.25, -0.2) is 14.8 Å². The third-order valence-corrected chi connectivity index (χ3v) is 8.10. The molecular weight excluding hydrogens is 592 g/mol. The zero-order valence-corrected chi connectivity index (χ0v) is 22.9. The molecule has 5 rings (SSSR count). The van der Waals surface area contributed by atoms with Crippen molar-refractivity contribution < 1.29 is 9.53 Å². The van der Waals surface area contributed by atoms with E-state index in [1.165, 1.54) is 11.8 Å². The molecule has 1 unspecified atom stereocenters. The zero-order chi connectivity index (χ0) is 24.4. The van der Waals surface area contributed by atoms with E-state index in [2.05, 4.69) is 44.0 Å². The summed E-state index contributed by atoms with van der Waals surface area (Å²) in [5, 5.41) is 14.2. The molecule has 1 spiro atoms. The number of para-hydroxylation sites is 1. The number of carbonyl (C=O) groups excluding carboxylic acids is 1. The van der Waals surface area contributed by atoms with Gasteiger partial charge in [-0.2, -0.15) is 10.2 Å². The van der Waals surface area contributed by atoms with Crippen molar-refractivity contribution in [3.8, 4) is 0 Å². The first kappa shape index (κ1) is 24.1. The molecule has 2 heterocycles. The summed E-state index contributed by atoms with van der Waals surface area (Å²) < 4.78 is 7.31. The van der Waals surface area contributed by atoms with Crippen molar-refractivity contribution in [1.82, 2.24) is 0 Å². The molecule has 0 saturated heterocycles. The first-order valence-corrected chi connectivity index (χ1v) is 13.6. The maximum Gasteiger partial charge on any atom is 0.365 e. The average Bonchev–Trinajstić information content (AvgIpc) is 3.26. The largest absolute Gasteiger partial charge is 0.461 e. The van der Waals surface area contributed by atoms with E-state index in [9.17, 15) is 4.79 Å². The number of esters is 1. The van der Waals surface area contributed by atoms with Gasteiger partial charge in [-0.15, -0.1) is 0 Å². The fourth-order valence-corrected chi connectivity index (χ4v) is 5.88. The van der Waals surface area contributed by atoms with E-state index < -0.39 is 11.0 Å². The van der Waals surface area contributed by atoms with Crippen LogP contribution in [0.4, 0.5) is 11.4 Å². The zero-order valence-electron chi connectivity index (χ0n) is 18.9. The lowest BCUT2D eigenvalue weighted by molar-refractivity contribution is -0.134. The summed E-state index contributed by atoms with van der Waals surface area (Å²) in [6, 6.07) is 26.1. The Kier molecular flexibility index (Phi) is 7.00. The number of ether oxygens (including phenoxy) is 1. The van der Waals surface area contributed by atoms with Crippen LogP contribution in [0.15, 0.2) is 98.0 Å². The normalized spacial score (nSPS) is 19.5. The summed E-state index contributed by atoms with van der Waals surface area (Å²) in [6.07, 6.45) is 1.40. The molecule has 3 aromatic rings. The van der Waals surface area contributed by atoms with Crippen LogP contribution in [-0.2, 0) is 9.53 Å². The molecule has 2 aliphatic rings. The maximum atomic E-state index is 12.8. The maximum absolute atomic E-state index is 12.8. The van der Waals surface area contributed by atoms with Crippen molar-refractivity contribution in [2.45, 2.75) is 24.8 Å². The molecular formula is C26H22Br2N4O2S. The highest BCUT2D eigenvalue weighted by Gasteiger charge is 2.53. The molecule has 1 atom stereocenters. The number of anilines is 2. The molecule has 0 saturated carbocycles. The Morgan fingerprint density at radius 1 is 0.914 bits per heavy atom. The van der Waals surface area contributed by atoms with E-state index in [1.807, 2.05) is 76.7 Å². The van der Waals surface area contributed by atoms with Crippen molar-refractivity contribution in [3.63, 3.8) is 0 Å². The van der Waals surface area contributed by atoms with Crippen molar-refractivity contribution in [2.24, 2.45) is 10.2 Å². The van der Waals surface area contributed by atoms with Gasteiger partial charge >= 0.3 is 5.97 Å². The van der Waals surface area contributed by atoms with Crippen molar-refractivity contribution >= 4 is 71.7 Å². The van der Waals surface area contributed by atoms with Gasteiger partial charge in [0.15, 0.2) is 0 Å². The smallest absolute Gasteiger partial charge is 0.365 e. The number of halogens is 2. The monoisotopic (exact) mass is 612 g/mol. The minimum absolute atomic E-state index is 0.290. The second kappa shape index (κ2) is 10.2. The SMILES string of the molecule is CCOC(=O)C1=NN(c2ccc(Br)cc2)C2(CCC(c3ccc(Br)cc3)=NN2c2ccccc2)S1. The third-order valence-electron chi connectivity index (χ3n) is 5.72. The summed E-state index contributed by atoms with van der Waals surface area (Å²) in [4.78, 5) is 12.0. The van der Waals surface area contributed by atoms with Gasteiger partial charge < -0.3 is 4.74 Å². The number of thioether (sulfide) groups is 1. The van der Waals surface area contributed by atoms with Gasteiger partial charge in [0, 0.05) is 15.4 Å². The van der Waals surface area contributed by atoms with E-state index in [4.69, 9.17) is 14.9 Å². The number of benzene rings is 3. The summed E-state index contributed by atoms with van der Waals surface area (Å²) in [7, 11) is 0. The number of carbonyl (C=O) groups is 1. The quantitative estimate of drug-likeness (QED) is 0.290. The molecule has 0 aliphatic carbocycles. The van der Waals surface area contributed by atoms with E-state index in [1.54, 1.807) is 6.92 Å². The molecule has 0 aromatic heterocycles. The number of nitrogens with zero attached hydrogens (tertiary/aromatic N) is 4. The van der Waals surface area contributed by atoms with Gasteiger partial charge in [-0.3, -0.25) is 0 Å². The summed E-state index contributed by atoms with van der Waals surface area (Å²) in [5.41, 5.74) is 3.82. The Labute approximate surface area is 225 Å². The fraction of sp³-hybridized carbons (Fsp3) is 0.192.